The summed E-state index contributed by atoms with van der Waals surface area (Å²) < 4.78 is 141. The normalized spacial score (nSPS) is 24.3. The van der Waals surface area contributed by atoms with Crippen LogP contribution in [-0.2, 0) is 25.7 Å². The maximum absolute atomic E-state index is 14.0. The van der Waals surface area contributed by atoms with Gasteiger partial charge >= 0.3 is 23.4 Å². The highest BCUT2D eigenvalue weighted by atomic mass is 32.2. The van der Waals surface area contributed by atoms with Crippen LogP contribution in [-0.4, -0.2) is 36.4 Å². The highest BCUT2D eigenvalue weighted by molar-refractivity contribution is 7.97. The molecule has 3 aromatic carbocycles. The quantitative estimate of drug-likeness (QED) is 0.112. The fourth-order valence-corrected chi connectivity index (χ4v) is 10.1. The summed E-state index contributed by atoms with van der Waals surface area (Å²) in [7, 11) is -7.17. The minimum Gasteiger partial charge on any atom is -0.743 e. The zero-order valence-electron chi connectivity index (χ0n) is 25.5. The van der Waals surface area contributed by atoms with Gasteiger partial charge in [-0.3, -0.25) is 0 Å². The third-order valence-electron chi connectivity index (χ3n) is 9.41. The zero-order valence-corrected chi connectivity index (χ0v) is 27.2. The first-order valence-corrected chi connectivity index (χ1v) is 18.0. The lowest BCUT2D eigenvalue weighted by atomic mass is 9.48. The second kappa shape index (κ2) is 13.6. The van der Waals surface area contributed by atoms with Gasteiger partial charge in [-0.1, -0.05) is 54.6 Å². The van der Waals surface area contributed by atoms with Crippen molar-refractivity contribution in [1.82, 2.24) is 0 Å². The summed E-state index contributed by atoms with van der Waals surface area (Å²) >= 11 is 0. The molecule has 4 fully saturated rings. The van der Waals surface area contributed by atoms with E-state index in [1.807, 2.05) is 0 Å². The molecule has 0 aromatic heterocycles. The van der Waals surface area contributed by atoms with Crippen LogP contribution in [0.2, 0.25) is 0 Å². The summed E-state index contributed by atoms with van der Waals surface area (Å²) in [5.74, 6) is -4.37. The highest BCUT2D eigenvalue weighted by Gasteiger charge is 2.71. The van der Waals surface area contributed by atoms with Crippen molar-refractivity contribution in [2.45, 2.75) is 89.4 Å². The molecule has 4 bridgehead atoms. The molecule has 48 heavy (non-hydrogen) atoms. The second-order valence-electron chi connectivity index (χ2n) is 13.0. The number of rotatable bonds is 11. The highest BCUT2D eigenvalue weighted by Crippen LogP contribution is 2.62. The van der Waals surface area contributed by atoms with Gasteiger partial charge in [0.1, 0.15) is 0 Å². The lowest BCUT2D eigenvalue weighted by Crippen LogP contribution is -2.56. The van der Waals surface area contributed by atoms with Gasteiger partial charge < -0.3 is 4.55 Å². The topological polar surface area (TPSA) is 66.4 Å². The Labute approximate surface area is 277 Å². The Morgan fingerprint density at radius 1 is 0.646 bits per heavy atom. The lowest BCUT2D eigenvalue weighted by molar-refractivity contribution is -0.457. The molecular formula is C34H34F8O4S2. The number of hydrogen-bond acceptors (Lipinski definition) is 4. The Hall–Kier alpha value is -2.68. The van der Waals surface area contributed by atoms with E-state index in [4.69, 9.17) is 0 Å². The van der Waals surface area contributed by atoms with Crippen LogP contribution in [0.5, 0.6) is 0 Å². The van der Waals surface area contributed by atoms with E-state index in [1.54, 1.807) is 0 Å². The van der Waals surface area contributed by atoms with Crippen LogP contribution in [0.4, 0.5) is 35.1 Å². The predicted molar refractivity (Wildman–Crippen MR) is 162 cm³/mol. The molecule has 4 saturated carbocycles. The zero-order chi connectivity index (χ0) is 35.0. The maximum Gasteiger partial charge on any atom is 0.438 e. The molecule has 0 aliphatic heterocycles. The van der Waals surface area contributed by atoms with E-state index < -0.39 is 51.8 Å². The van der Waals surface area contributed by atoms with E-state index in [9.17, 15) is 48.1 Å². The molecule has 0 atom stereocenters. The van der Waals surface area contributed by atoms with Gasteiger partial charge in [0.05, 0.1) is 10.9 Å². The fourth-order valence-electron chi connectivity index (χ4n) is 7.68. The summed E-state index contributed by atoms with van der Waals surface area (Å²) in [6, 6.07) is 32.2. The first-order valence-electron chi connectivity index (χ1n) is 15.4. The third-order valence-corrected chi connectivity index (χ3v) is 12.5. The molecule has 14 heteroatoms. The Kier molecular flexibility index (Phi) is 10.3. The van der Waals surface area contributed by atoms with Crippen LogP contribution in [0.15, 0.2) is 106 Å². The van der Waals surface area contributed by atoms with Crippen LogP contribution < -0.4 is 0 Å². The fraction of sp³-hybridized carbons (Fsp3) is 0.471. The molecule has 262 valence electrons. The molecule has 0 unspecified atom stereocenters. The molecule has 4 aliphatic rings. The average molecular weight is 723 g/mol. The Morgan fingerprint density at radius 3 is 1.33 bits per heavy atom. The van der Waals surface area contributed by atoms with Crippen molar-refractivity contribution in [2.75, 3.05) is 0 Å². The van der Waals surface area contributed by atoms with Crippen LogP contribution in [0, 0.1) is 23.2 Å². The number of hydrogen-bond donors (Lipinski definition) is 0. The average Bonchev–Trinajstić information content (AvgIpc) is 3.00. The van der Waals surface area contributed by atoms with Gasteiger partial charge in [-0.2, -0.15) is 35.1 Å². The number of halogens is 8. The van der Waals surface area contributed by atoms with Gasteiger partial charge in [0.15, 0.2) is 24.8 Å². The van der Waals surface area contributed by atoms with Gasteiger partial charge in [-0.25, -0.2) is 13.2 Å². The molecule has 0 spiro atoms. The summed E-state index contributed by atoms with van der Waals surface area (Å²) in [5.41, 5.74) is -0.626. The minimum atomic E-state index is -7.16. The first kappa shape index (κ1) is 36.6. The molecule has 0 heterocycles. The van der Waals surface area contributed by atoms with Crippen molar-refractivity contribution in [3.8, 4) is 0 Å². The molecule has 0 radical (unpaired) electrons. The molecule has 4 nitrogen and oxygen atoms in total. The van der Waals surface area contributed by atoms with Crippen LogP contribution in [0.25, 0.3) is 0 Å². The Balaban J connectivity index is 0.000000204. The molecule has 0 N–H and O–H groups in total. The van der Waals surface area contributed by atoms with Crippen molar-refractivity contribution in [3.05, 3.63) is 91.0 Å². The van der Waals surface area contributed by atoms with Crippen molar-refractivity contribution in [2.24, 2.45) is 23.2 Å². The van der Waals surface area contributed by atoms with Gasteiger partial charge in [0.2, 0.25) is 0 Å². The first-order chi connectivity index (χ1) is 22.3. The molecule has 4 aliphatic carbocycles. The third kappa shape index (κ3) is 7.71. The van der Waals surface area contributed by atoms with Crippen LogP contribution >= 0.6 is 0 Å². The lowest BCUT2D eigenvalue weighted by Gasteiger charge is -2.57. The van der Waals surface area contributed by atoms with Crippen molar-refractivity contribution in [1.29, 1.82) is 0 Å². The Morgan fingerprint density at radius 2 is 1.00 bits per heavy atom. The van der Waals surface area contributed by atoms with Gasteiger partial charge in [-0.05, 0) is 105 Å². The number of benzene rings is 3. The van der Waals surface area contributed by atoms with E-state index in [2.05, 4.69) is 95.7 Å². The molecule has 3 aromatic rings. The molecule has 0 amide bonds. The molecule has 0 saturated heterocycles. The van der Waals surface area contributed by atoms with Crippen LogP contribution in [0.3, 0.4) is 0 Å². The Bertz CT molecular complexity index is 1500. The van der Waals surface area contributed by atoms with E-state index in [0.29, 0.717) is 37.0 Å². The van der Waals surface area contributed by atoms with Gasteiger partial charge in [0, 0.05) is 6.42 Å². The van der Waals surface area contributed by atoms with E-state index >= 15 is 0 Å². The van der Waals surface area contributed by atoms with Crippen molar-refractivity contribution in [3.63, 3.8) is 0 Å². The largest absolute Gasteiger partial charge is 0.743 e. The van der Waals surface area contributed by atoms with Crippen molar-refractivity contribution < 1.29 is 52.8 Å². The number of alkyl halides is 8. The summed E-state index contributed by atoms with van der Waals surface area (Å²) in [6.07, 6.45) is -10.3. The standard InChI is InChI=1S/C18H15S.C16H20F8O4S/c1-4-10-16(11-5-1)19(17-12-6-2-7-13-17)18-14-8-3-9-15-18;17-13(18,14(19,20)28-15(21,22)16(23,24)29(25,26)27)2-1-12-6-9-3-10(7-12)5-11(4-9)8-12/h1-15H;9-11H,1-8H2,(H,25,26,27)/q+1;/p-1. The van der Waals surface area contributed by atoms with Crippen LogP contribution in [0.1, 0.15) is 51.4 Å². The minimum absolute atomic E-state index is 0.0146. The SMILES string of the molecule is O=S(=O)([O-])C(F)(F)C(F)(F)OC(F)(F)C(F)(F)CCC12CC3CC(CC(C3)C1)C2.c1ccc([S+](c2ccccc2)c2ccccc2)cc1. The molecule has 7 rings (SSSR count). The van der Waals surface area contributed by atoms with Crippen molar-refractivity contribution >= 4 is 21.0 Å². The van der Waals surface area contributed by atoms with Gasteiger partial charge in [0.25, 0.3) is 0 Å². The second-order valence-corrected chi connectivity index (χ2v) is 16.4. The van der Waals surface area contributed by atoms with Gasteiger partial charge in [-0.15, -0.1) is 0 Å². The molecular weight excluding hydrogens is 688 g/mol. The van der Waals surface area contributed by atoms with E-state index in [0.717, 1.165) is 19.3 Å². The van der Waals surface area contributed by atoms with E-state index in [1.165, 1.54) is 14.7 Å². The monoisotopic (exact) mass is 722 g/mol. The summed E-state index contributed by atoms with van der Waals surface area (Å²) in [5, 5.41) is -6.65. The smallest absolute Gasteiger partial charge is 0.438 e. The summed E-state index contributed by atoms with van der Waals surface area (Å²) in [4.78, 5) is 4.08. The maximum atomic E-state index is 14.0. The summed E-state index contributed by atoms with van der Waals surface area (Å²) in [6.45, 7) is 0. The van der Waals surface area contributed by atoms with E-state index in [-0.39, 0.29) is 10.9 Å². The number of ether oxygens (including phenoxy) is 1. The predicted octanol–water partition coefficient (Wildman–Crippen LogP) is 9.74.